The van der Waals surface area contributed by atoms with Gasteiger partial charge in [0.2, 0.25) is 17.7 Å². The maximum Gasteiger partial charge on any atom is 0.249 e. The average Bonchev–Trinajstić information content (AvgIpc) is 4.02. The Kier molecular flexibility index (Phi) is 12.3. The molecule has 10 rings (SSSR count). The zero-order valence-corrected chi connectivity index (χ0v) is 38.2. The smallest absolute Gasteiger partial charge is 0.249 e. The number of rotatable bonds is 12. The van der Waals surface area contributed by atoms with Crippen molar-refractivity contribution < 1.29 is 23.5 Å². The van der Waals surface area contributed by atoms with E-state index in [1.165, 1.54) is 19.6 Å². The van der Waals surface area contributed by atoms with Crippen LogP contribution in [0.2, 0.25) is 0 Å². The number of nitriles is 1. The highest BCUT2D eigenvalue weighted by Crippen LogP contribution is 2.39. The standard InChI is InChI=1S/C49H58FN13O4/c1-3-49(48(66)55-34-5-4-6-34)15-17-61(18-16-49)43-13-7-31(26-52-43)45-46-32(25-51)27-54-63(46)30-40(57-45)33-28-53-62(29-33)36-10-8-35(9-11-36)59-19-21-60(22-20-59)41-24-42(67-2)39(23-37(41)50)56-38-12-14-44(64)58-47(38)65/h7,13,23-24,26-30,34-36,38,56H,3-6,8-12,14-22H2,1-2H3,(H,55,66)(H,58,64,65)/t35?,36?,38-/m0/s1. The lowest BCUT2D eigenvalue weighted by molar-refractivity contribution is -0.134. The number of halogens is 1. The van der Waals surface area contributed by atoms with Crippen molar-refractivity contribution in [1.29, 1.82) is 5.26 Å². The van der Waals surface area contributed by atoms with Gasteiger partial charge in [0.25, 0.3) is 0 Å². The predicted molar refractivity (Wildman–Crippen MR) is 250 cm³/mol. The molecule has 1 atom stereocenters. The quantitative estimate of drug-likeness (QED) is 0.126. The number of hydrogen-bond donors (Lipinski definition) is 3. The molecule has 1 aromatic carbocycles. The first-order valence-electron chi connectivity index (χ1n) is 23.9. The Hall–Kier alpha value is -6.61. The molecule has 67 heavy (non-hydrogen) atoms. The molecule has 0 bridgehead atoms. The summed E-state index contributed by atoms with van der Waals surface area (Å²) in [5.41, 5.74) is 4.52. The summed E-state index contributed by atoms with van der Waals surface area (Å²) in [5.74, 6) is 0.381. The molecule has 2 saturated carbocycles. The fourth-order valence-corrected chi connectivity index (χ4v) is 10.7. The summed E-state index contributed by atoms with van der Waals surface area (Å²) < 4.78 is 25.0. The van der Waals surface area contributed by atoms with Gasteiger partial charge in [-0.1, -0.05) is 6.92 Å². The SMILES string of the molecule is CCC1(C(=O)NC2CCC2)CCN(c2ccc(-c3nc(-c4cnn(C5CCC(N6CCN(c7cc(OC)c(N[C@H]8CCC(=O)NC8=O)cc7F)CC6)CC5)c4)cn4ncc(C#N)c34)cn2)CC1. The molecule has 2 aliphatic carbocycles. The summed E-state index contributed by atoms with van der Waals surface area (Å²) in [6.07, 6.45) is 19.5. The van der Waals surface area contributed by atoms with E-state index in [1.54, 1.807) is 16.8 Å². The molecular weight excluding hydrogens is 854 g/mol. The number of piperidine rings is 2. The molecule has 5 fully saturated rings. The maximum absolute atomic E-state index is 15.6. The Morgan fingerprint density at radius 1 is 0.925 bits per heavy atom. The van der Waals surface area contributed by atoms with Crippen LogP contribution in [0.25, 0.3) is 28.0 Å². The highest BCUT2D eigenvalue weighted by atomic mass is 19.1. The molecule has 3 amide bonds. The fraction of sp³-hybridized carbons (Fsp3) is 0.510. The van der Waals surface area contributed by atoms with Gasteiger partial charge >= 0.3 is 0 Å². The number of piperazine rings is 1. The van der Waals surface area contributed by atoms with Crippen LogP contribution in [-0.4, -0.2) is 116 Å². The average molecular weight is 912 g/mol. The second-order valence-electron chi connectivity index (χ2n) is 18.9. The molecule has 3 saturated heterocycles. The van der Waals surface area contributed by atoms with E-state index < -0.39 is 17.8 Å². The largest absolute Gasteiger partial charge is 0.495 e. The van der Waals surface area contributed by atoms with Crippen LogP contribution in [0.3, 0.4) is 0 Å². The number of fused-ring (bicyclic) bond motifs is 1. The summed E-state index contributed by atoms with van der Waals surface area (Å²) in [4.78, 5) is 54.1. The molecule has 0 unspecified atom stereocenters. The number of nitrogens with one attached hydrogen (secondary N) is 3. The van der Waals surface area contributed by atoms with Gasteiger partial charge in [0.1, 0.15) is 40.6 Å². The summed E-state index contributed by atoms with van der Waals surface area (Å²) in [6.45, 7) is 6.61. The van der Waals surface area contributed by atoms with Crippen molar-refractivity contribution in [3.8, 4) is 34.3 Å². The molecule has 17 nitrogen and oxygen atoms in total. The molecule has 5 aliphatic rings. The van der Waals surface area contributed by atoms with Crippen LogP contribution in [-0.2, 0) is 14.4 Å². The van der Waals surface area contributed by atoms with Gasteiger partial charge in [-0.3, -0.25) is 29.3 Å². The van der Waals surface area contributed by atoms with Crippen molar-refractivity contribution in [3.63, 3.8) is 0 Å². The zero-order chi connectivity index (χ0) is 46.2. The van der Waals surface area contributed by atoms with Crippen LogP contribution in [0.5, 0.6) is 5.75 Å². The van der Waals surface area contributed by atoms with Crippen molar-refractivity contribution in [2.45, 2.75) is 108 Å². The number of imide groups is 1. The minimum absolute atomic E-state index is 0.208. The minimum Gasteiger partial charge on any atom is -0.495 e. The fourth-order valence-electron chi connectivity index (χ4n) is 10.7. The number of carbonyl (C=O) groups excluding carboxylic acids is 3. The first-order valence-corrected chi connectivity index (χ1v) is 23.9. The molecule has 5 aromatic rings. The topological polar surface area (TPSA) is 191 Å². The molecule has 0 spiro atoms. The Balaban J connectivity index is 0.763. The maximum atomic E-state index is 15.6. The Morgan fingerprint density at radius 3 is 2.37 bits per heavy atom. The second kappa shape index (κ2) is 18.6. The van der Waals surface area contributed by atoms with Gasteiger partial charge in [-0.15, -0.1) is 0 Å². The van der Waals surface area contributed by atoms with Crippen LogP contribution in [0.1, 0.15) is 95.6 Å². The van der Waals surface area contributed by atoms with Crippen molar-refractivity contribution in [2.24, 2.45) is 5.41 Å². The number of amides is 3. The first-order chi connectivity index (χ1) is 32.6. The van der Waals surface area contributed by atoms with Crippen LogP contribution < -0.4 is 30.5 Å². The molecule has 7 heterocycles. The lowest BCUT2D eigenvalue weighted by Gasteiger charge is -2.42. The number of aromatic nitrogens is 6. The third-order valence-corrected chi connectivity index (χ3v) is 15.2. The van der Waals surface area contributed by atoms with Gasteiger partial charge < -0.3 is 25.2 Å². The summed E-state index contributed by atoms with van der Waals surface area (Å²) in [7, 11) is 1.52. The van der Waals surface area contributed by atoms with Gasteiger partial charge in [-0.25, -0.2) is 18.9 Å². The Morgan fingerprint density at radius 2 is 1.70 bits per heavy atom. The van der Waals surface area contributed by atoms with Crippen LogP contribution in [0.4, 0.5) is 21.6 Å². The third-order valence-electron chi connectivity index (χ3n) is 15.2. The van der Waals surface area contributed by atoms with Crippen molar-refractivity contribution in [3.05, 3.63) is 66.6 Å². The van der Waals surface area contributed by atoms with Crippen molar-refractivity contribution in [2.75, 3.05) is 61.5 Å². The van der Waals surface area contributed by atoms with Gasteiger partial charge in [-0.05, 0) is 82.8 Å². The summed E-state index contributed by atoms with van der Waals surface area (Å²) in [6, 6.07) is 9.73. The molecule has 3 aliphatic heterocycles. The number of hydrogen-bond acceptors (Lipinski definition) is 13. The number of anilines is 3. The van der Waals surface area contributed by atoms with Crippen LogP contribution >= 0.6 is 0 Å². The Bertz CT molecular complexity index is 2680. The molecule has 18 heteroatoms. The zero-order valence-electron chi connectivity index (χ0n) is 38.2. The van der Waals surface area contributed by atoms with Crippen LogP contribution in [0, 0.1) is 22.6 Å². The number of nitrogens with zero attached hydrogens (tertiary/aromatic N) is 10. The van der Waals surface area contributed by atoms with Gasteiger partial charge in [0.05, 0.1) is 59.9 Å². The molecule has 3 N–H and O–H groups in total. The minimum atomic E-state index is -0.644. The highest BCUT2D eigenvalue weighted by molar-refractivity contribution is 6.01. The molecule has 4 aromatic heterocycles. The normalized spacial score (nSPS) is 22.5. The van der Waals surface area contributed by atoms with E-state index in [0.29, 0.717) is 71.2 Å². The van der Waals surface area contributed by atoms with E-state index in [1.807, 2.05) is 30.7 Å². The van der Waals surface area contributed by atoms with E-state index >= 15 is 4.39 Å². The molecule has 0 radical (unpaired) electrons. The molecular formula is C49H58FN13O4. The van der Waals surface area contributed by atoms with E-state index in [-0.39, 0.29) is 29.7 Å². The summed E-state index contributed by atoms with van der Waals surface area (Å²) >= 11 is 0. The lowest BCUT2D eigenvalue weighted by Crippen LogP contribution is -2.52. The third kappa shape index (κ3) is 8.76. The number of benzene rings is 1. The van der Waals surface area contributed by atoms with Gasteiger partial charge in [0, 0.05) is 93.4 Å². The number of ether oxygens (including phenoxy) is 1. The van der Waals surface area contributed by atoms with E-state index in [0.717, 1.165) is 101 Å². The van der Waals surface area contributed by atoms with E-state index in [2.05, 4.69) is 59.6 Å². The Labute approximate surface area is 389 Å². The first kappa shape index (κ1) is 44.2. The molecule has 350 valence electrons. The van der Waals surface area contributed by atoms with E-state index in [9.17, 15) is 19.6 Å². The predicted octanol–water partition coefficient (Wildman–Crippen LogP) is 5.86. The highest BCUT2D eigenvalue weighted by Gasteiger charge is 2.41. The number of methoxy groups -OCH3 is 1. The monoisotopic (exact) mass is 911 g/mol. The van der Waals surface area contributed by atoms with Crippen molar-refractivity contribution in [1.82, 2.24) is 44.9 Å². The van der Waals surface area contributed by atoms with Gasteiger partial charge in [0.15, 0.2) is 0 Å². The van der Waals surface area contributed by atoms with Crippen LogP contribution in [0.15, 0.2) is 55.2 Å². The van der Waals surface area contributed by atoms with Gasteiger partial charge in [-0.2, -0.15) is 15.5 Å². The second-order valence-corrected chi connectivity index (χ2v) is 18.9. The van der Waals surface area contributed by atoms with Crippen molar-refractivity contribution >= 4 is 40.4 Å². The lowest BCUT2D eigenvalue weighted by atomic mass is 9.74. The summed E-state index contributed by atoms with van der Waals surface area (Å²) in [5, 5.41) is 28.1. The van der Waals surface area contributed by atoms with E-state index in [4.69, 9.17) is 19.8 Å². The number of carbonyl (C=O) groups is 3. The number of pyridine rings is 1.